The van der Waals surface area contributed by atoms with E-state index in [1.165, 1.54) is 35.3 Å². The Morgan fingerprint density at radius 2 is 1.52 bits per heavy atom. The molecule has 2 aliphatic heterocycles. The number of urea groups is 1. The summed E-state index contributed by atoms with van der Waals surface area (Å²) >= 11 is 0. The average molecular weight is 479 g/mol. The van der Waals surface area contributed by atoms with Gasteiger partial charge in [0.2, 0.25) is 0 Å². The number of likely N-dealkylation sites (tertiary alicyclic amines) is 2. The van der Waals surface area contributed by atoms with E-state index in [0.717, 1.165) is 69.8 Å². The lowest BCUT2D eigenvalue weighted by molar-refractivity contribution is 0.137. The number of rotatable bonds is 6. The van der Waals surface area contributed by atoms with Crippen molar-refractivity contribution in [2.45, 2.75) is 38.5 Å². The number of amides is 2. The third kappa shape index (κ3) is 6.05. The van der Waals surface area contributed by atoms with Gasteiger partial charge in [0.25, 0.3) is 0 Å². The second kappa shape index (κ2) is 10.3. The van der Waals surface area contributed by atoms with Gasteiger partial charge in [0.15, 0.2) is 0 Å². The van der Waals surface area contributed by atoms with Crippen LogP contribution in [0.3, 0.4) is 0 Å². The predicted molar refractivity (Wildman–Crippen MR) is 131 cm³/mol. The van der Waals surface area contributed by atoms with E-state index >= 15 is 0 Å². The van der Waals surface area contributed by atoms with E-state index in [9.17, 15) is 13.2 Å². The molecule has 0 spiro atoms. The van der Waals surface area contributed by atoms with E-state index in [-0.39, 0.29) is 0 Å². The number of carbonyl (C=O) groups is 1. The lowest BCUT2D eigenvalue weighted by Crippen LogP contribution is -2.51. The normalized spacial score (nSPS) is 20.8. The fourth-order valence-corrected chi connectivity index (χ4v) is 6.25. The molecular weight excluding hydrogens is 440 g/mol. The Bertz CT molecular complexity index is 939. The molecule has 4 aliphatic rings. The summed E-state index contributed by atoms with van der Waals surface area (Å²) in [6.07, 6.45) is 6.13. The first kappa shape index (κ1) is 24.4. The molecule has 1 aromatic carbocycles. The van der Waals surface area contributed by atoms with Crippen molar-refractivity contribution in [2.24, 2.45) is 17.6 Å². The summed E-state index contributed by atoms with van der Waals surface area (Å²) in [7, 11) is 0.262. The van der Waals surface area contributed by atoms with E-state index in [1.807, 2.05) is 7.05 Å². The molecule has 2 aliphatic carbocycles. The minimum absolute atomic E-state index is 0.306. The standard InChI is InChI=1S/C18H26N4O3S.C5H12N2/c1-22-10-12(11-22)9-19-26(24,25)21-18(23)20-17-15-6-2-4-13(15)8-14-5-3-7-16(14)17;1-7-3-5(2-6)4-7/h8,12,19H,2-7,9-11H2,1H3,(H2,20,21,23);5H,2-4,6H2,1H3. The number of hydrogen-bond donors (Lipinski definition) is 4. The van der Waals surface area contributed by atoms with E-state index in [4.69, 9.17) is 5.73 Å². The van der Waals surface area contributed by atoms with Crippen LogP contribution in [0.2, 0.25) is 0 Å². The Morgan fingerprint density at radius 3 is 2.00 bits per heavy atom. The van der Waals surface area contributed by atoms with Gasteiger partial charge in [0.05, 0.1) is 0 Å². The molecule has 0 unspecified atom stereocenters. The van der Waals surface area contributed by atoms with Crippen LogP contribution >= 0.6 is 0 Å². The molecule has 9 nitrogen and oxygen atoms in total. The van der Waals surface area contributed by atoms with Gasteiger partial charge < -0.3 is 20.9 Å². The largest absolute Gasteiger partial charge is 0.333 e. The van der Waals surface area contributed by atoms with Gasteiger partial charge in [0, 0.05) is 38.4 Å². The number of carbonyl (C=O) groups excluding carboxylic acids is 1. The SMILES string of the molecule is CN1CC(CN)C1.CN1CC(CNS(=O)(=O)NC(=O)Nc2c3c(cc4c2CCC4)CCC3)C1. The highest BCUT2D eigenvalue weighted by molar-refractivity contribution is 7.88. The number of nitrogens with zero attached hydrogens (tertiary/aromatic N) is 2. The number of nitrogens with two attached hydrogens (primary N) is 1. The molecule has 0 radical (unpaired) electrons. The summed E-state index contributed by atoms with van der Waals surface area (Å²) < 4.78 is 28.8. The monoisotopic (exact) mass is 478 g/mol. The van der Waals surface area contributed by atoms with Crippen molar-refractivity contribution in [2.75, 3.05) is 58.7 Å². The molecule has 0 bridgehead atoms. The molecule has 33 heavy (non-hydrogen) atoms. The smallest absolute Gasteiger partial charge is 0.330 e. The van der Waals surface area contributed by atoms with E-state index in [0.29, 0.717) is 12.5 Å². The maximum Gasteiger partial charge on any atom is 0.333 e. The molecule has 2 fully saturated rings. The van der Waals surface area contributed by atoms with Gasteiger partial charge in [0.1, 0.15) is 0 Å². The fraction of sp³-hybridized carbons (Fsp3) is 0.696. The quantitative estimate of drug-likeness (QED) is 0.478. The van der Waals surface area contributed by atoms with Crippen molar-refractivity contribution in [3.05, 3.63) is 28.3 Å². The van der Waals surface area contributed by atoms with E-state index in [2.05, 4.69) is 37.7 Å². The van der Waals surface area contributed by atoms with Crippen LogP contribution < -0.4 is 20.5 Å². The molecule has 5 N–H and O–H groups in total. The molecule has 184 valence electrons. The highest BCUT2D eigenvalue weighted by Gasteiger charge is 2.27. The maximum atomic E-state index is 12.4. The Hall–Kier alpha value is -1.72. The molecule has 2 amide bonds. The predicted octanol–water partition coefficient (Wildman–Crippen LogP) is 0.688. The zero-order valence-corrected chi connectivity index (χ0v) is 20.6. The van der Waals surface area contributed by atoms with Gasteiger partial charge in [-0.05, 0) is 93.3 Å². The second-order valence-electron chi connectivity index (χ2n) is 10.1. The van der Waals surface area contributed by atoms with Gasteiger partial charge in [-0.25, -0.2) is 9.52 Å². The summed E-state index contributed by atoms with van der Waals surface area (Å²) in [5.74, 6) is 1.10. The molecule has 0 atom stereocenters. The zero-order chi connectivity index (χ0) is 23.6. The molecule has 2 heterocycles. The number of nitrogens with one attached hydrogen (secondary N) is 3. The lowest BCUT2D eigenvalue weighted by Gasteiger charge is -2.36. The van der Waals surface area contributed by atoms with Crippen LogP contribution in [0.25, 0.3) is 0 Å². The number of anilines is 1. The summed E-state index contributed by atoms with van der Waals surface area (Å²) in [6.45, 7) is 5.37. The zero-order valence-electron chi connectivity index (χ0n) is 19.8. The highest BCUT2D eigenvalue weighted by atomic mass is 32.2. The van der Waals surface area contributed by atoms with Gasteiger partial charge in [-0.3, -0.25) is 0 Å². The Morgan fingerprint density at radius 1 is 0.970 bits per heavy atom. The lowest BCUT2D eigenvalue weighted by atomic mass is 9.99. The summed E-state index contributed by atoms with van der Waals surface area (Å²) in [4.78, 5) is 16.8. The number of hydrogen-bond acceptors (Lipinski definition) is 6. The van der Waals surface area contributed by atoms with Crippen molar-refractivity contribution in [3.8, 4) is 0 Å². The second-order valence-corrected chi connectivity index (χ2v) is 11.6. The molecule has 0 aromatic heterocycles. The van der Waals surface area contributed by atoms with Crippen LogP contribution in [-0.4, -0.2) is 77.6 Å². The molecule has 5 rings (SSSR count). The maximum absolute atomic E-state index is 12.4. The molecule has 2 saturated heterocycles. The molecule has 10 heteroatoms. The van der Waals surface area contributed by atoms with Crippen LogP contribution in [-0.2, 0) is 35.9 Å². The van der Waals surface area contributed by atoms with Gasteiger partial charge >= 0.3 is 16.2 Å². The van der Waals surface area contributed by atoms with Crippen LogP contribution in [0.15, 0.2) is 6.07 Å². The Balaban J connectivity index is 0.000000318. The van der Waals surface area contributed by atoms with Crippen LogP contribution in [0, 0.1) is 11.8 Å². The highest BCUT2D eigenvalue weighted by Crippen LogP contribution is 2.38. The minimum atomic E-state index is -3.85. The summed E-state index contributed by atoms with van der Waals surface area (Å²) in [6, 6.07) is 1.60. The van der Waals surface area contributed by atoms with Crippen molar-refractivity contribution >= 4 is 21.9 Å². The van der Waals surface area contributed by atoms with Crippen molar-refractivity contribution < 1.29 is 13.2 Å². The van der Waals surface area contributed by atoms with E-state index < -0.39 is 16.2 Å². The number of fused-ring (bicyclic) bond motifs is 2. The van der Waals surface area contributed by atoms with E-state index in [1.54, 1.807) is 0 Å². The summed E-state index contributed by atoms with van der Waals surface area (Å²) in [5.41, 5.74) is 11.2. The molecule has 1 aromatic rings. The minimum Gasteiger partial charge on any atom is -0.330 e. The van der Waals surface area contributed by atoms with Crippen molar-refractivity contribution in [1.82, 2.24) is 19.2 Å². The topological polar surface area (TPSA) is 120 Å². The van der Waals surface area contributed by atoms with Gasteiger partial charge in [-0.15, -0.1) is 0 Å². The number of benzene rings is 1. The third-order valence-corrected chi connectivity index (χ3v) is 8.11. The van der Waals surface area contributed by atoms with Crippen LogP contribution in [0.5, 0.6) is 0 Å². The first-order valence-corrected chi connectivity index (χ1v) is 13.5. The van der Waals surface area contributed by atoms with Crippen molar-refractivity contribution in [3.63, 3.8) is 0 Å². The Kier molecular flexibility index (Phi) is 7.59. The summed E-state index contributed by atoms with van der Waals surface area (Å²) in [5, 5.41) is 2.84. The first-order valence-electron chi connectivity index (χ1n) is 12.1. The van der Waals surface area contributed by atoms with Gasteiger partial charge in [-0.2, -0.15) is 13.1 Å². The average Bonchev–Trinajstić information content (AvgIpc) is 3.37. The van der Waals surface area contributed by atoms with Crippen LogP contribution in [0.1, 0.15) is 35.1 Å². The first-order chi connectivity index (χ1) is 15.7. The fourth-order valence-electron chi connectivity index (χ4n) is 5.43. The van der Waals surface area contributed by atoms with Gasteiger partial charge in [-0.1, -0.05) is 6.07 Å². The van der Waals surface area contributed by atoms with Crippen molar-refractivity contribution in [1.29, 1.82) is 0 Å². The molecule has 0 saturated carbocycles. The number of aryl methyl sites for hydroxylation is 2. The van der Waals surface area contributed by atoms with Crippen LogP contribution in [0.4, 0.5) is 10.5 Å². The molecular formula is C23H38N6O3S. The Labute approximate surface area is 197 Å². The third-order valence-electron chi connectivity index (χ3n) is 7.11.